The number of nitrogens with zero attached hydrogens (tertiary/aromatic N) is 1. The molecule has 4 nitrogen and oxygen atoms in total. The topological polar surface area (TPSA) is 50.7 Å². The molecule has 0 aliphatic carbocycles. The molecular weight excluding hydrogens is 382 g/mol. The number of hydrogen-bond acceptors (Lipinski definition) is 4. The zero-order valence-electron chi connectivity index (χ0n) is 15.3. The second kappa shape index (κ2) is 8.75. The Hall–Kier alpha value is -3.06. The smallest absolute Gasteiger partial charge is 0.266 e. The number of amides is 1. The molecule has 1 amide bonds. The molecule has 7 heteroatoms. The Bertz CT molecular complexity index is 1030. The van der Waals surface area contributed by atoms with Gasteiger partial charge in [0.2, 0.25) is 0 Å². The lowest BCUT2D eigenvalue weighted by molar-refractivity contribution is 0.103. The van der Waals surface area contributed by atoms with Crippen LogP contribution in [-0.4, -0.2) is 18.7 Å². The van der Waals surface area contributed by atoms with Crippen LogP contribution in [0.25, 0.3) is 11.1 Å². The maximum atomic E-state index is 14.4. The fourth-order valence-electron chi connectivity index (χ4n) is 2.62. The van der Waals surface area contributed by atoms with Crippen LogP contribution in [-0.2, 0) is 4.84 Å². The van der Waals surface area contributed by atoms with E-state index in [1.54, 1.807) is 13.0 Å². The minimum Gasteiger partial charge on any atom is -0.396 e. The summed E-state index contributed by atoms with van der Waals surface area (Å²) in [7, 11) is 0. The van der Waals surface area contributed by atoms with Crippen molar-refractivity contribution in [3.63, 3.8) is 0 Å². The van der Waals surface area contributed by atoms with E-state index >= 15 is 0 Å². The Morgan fingerprint density at radius 2 is 2.04 bits per heavy atom. The van der Waals surface area contributed by atoms with Gasteiger partial charge in [0.25, 0.3) is 5.91 Å². The Morgan fingerprint density at radius 1 is 1.21 bits per heavy atom. The summed E-state index contributed by atoms with van der Waals surface area (Å²) < 4.78 is 28.3. The number of rotatable bonds is 6. The molecule has 0 radical (unpaired) electrons. The zero-order valence-corrected chi connectivity index (χ0v) is 16.1. The highest BCUT2D eigenvalue weighted by Gasteiger charge is 2.15. The van der Waals surface area contributed by atoms with Crippen molar-refractivity contribution < 1.29 is 18.4 Å². The van der Waals surface area contributed by atoms with Gasteiger partial charge < -0.3 is 10.2 Å². The van der Waals surface area contributed by atoms with Gasteiger partial charge in [-0.05, 0) is 66.8 Å². The predicted octanol–water partition coefficient (Wildman–Crippen LogP) is 5.62. The van der Waals surface area contributed by atoms with Crippen LogP contribution < -0.4 is 5.32 Å². The first kappa shape index (κ1) is 19.7. The van der Waals surface area contributed by atoms with E-state index in [4.69, 9.17) is 4.84 Å². The van der Waals surface area contributed by atoms with Gasteiger partial charge >= 0.3 is 0 Å². The number of thiophene rings is 1. The molecule has 3 rings (SSSR count). The van der Waals surface area contributed by atoms with Crippen molar-refractivity contribution in [2.24, 2.45) is 5.16 Å². The van der Waals surface area contributed by atoms with E-state index in [2.05, 4.69) is 10.5 Å². The Morgan fingerprint density at radius 3 is 2.71 bits per heavy atom. The van der Waals surface area contributed by atoms with Crippen LogP contribution in [0.15, 0.2) is 53.0 Å². The number of halogens is 2. The fraction of sp³-hybridized carbons (Fsp3) is 0.143. The Kier molecular flexibility index (Phi) is 6.16. The average molecular weight is 400 g/mol. The largest absolute Gasteiger partial charge is 0.396 e. The molecule has 28 heavy (non-hydrogen) atoms. The van der Waals surface area contributed by atoms with Crippen molar-refractivity contribution in [3.8, 4) is 11.1 Å². The lowest BCUT2D eigenvalue weighted by atomic mass is 10.0. The zero-order chi connectivity index (χ0) is 20.1. The van der Waals surface area contributed by atoms with Crippen molar-refractivity contribution in [3.05, 3.63) is 75.5 Å². The summed E-state index contributed by atoms with van der Waals surface area (Å²) in [6.07, 6.45) is 1.27. The number of oxime groups is 1. The number of carbonyl (C=O) groups is 1. The summed E-state index contributed by atoms with van der Waals surface area (Å²) in [5.74, 6) is -1.31. The second-order valence-electron chi connectivity index (χ2n) is 5.97. The predicted molar refractivity (Wildman–Crippen MR) is 108 cm³/mol. The third kappa shape index (κ3) is 4.43. The van der Waals surface area contributed by atoms with E-state index in [0.717, 1.165) is 5.56 Å². The van der Waals surface area contributed by atoms with Gasteiger partial charge in [-0.3, -0.25) is 4.79 Å². The lowest BCUT2D eigenvalue weighted by Crippen LogP contribution is -2.12. The summed E-state index contributed by atoms with van der Waals surface area (Å²) in [5, 5.41) is 8.27. The Labute approximate surface area is 165 Å². The van der Waals surface area contributed by atoms with Crippen LogP contribution in [0.5, 0.6) is 0 Å². The normalized spacial score (nSPS) is 11.0. The molecule has 1 heterocycles. The van der Waals surface area contributed by atoms with E-state index in [9.17, 15) is 13.6 Å². The number of benzene rings is 2. The fourth-order valence-corrected chi connectivity index (χ4v) is 3.44. The summed E-state index contributed by atoms with van der Waals surface area (Å²) in [6.45, 7) is 4.00. The van der Waals surface area contributed by atoms with Crippen molar-refractivity contribution in [1.29, 1.82) is 0 Å². The van der Waals surface area contributed by atoms with Crippen LogP contribution >= 0.6 is 11.3 Å². The molecule has 3 aromatic rings. The number of nitrogens with one attached hydrogen (secondary N) is 1. The summed E-state index contributed by atoms with van der Waals surface area (Å²) in [4.78, 5) is 17.9. The molecule has 1 aromatic heterocycles. The molecule has 2 aromatic carbocycles. The second-order valence-corrected chi connectivity index (χ2v) is 6.88. The average Bonchev–Trinajstić information content (AvgIpc) is 3.10. The molecule has 144 valence electrons. The third-order valence-electron chi connectivity index (χ3n) is 4.01. The van der Waals surface area contributed by atoms with E-state index in [-0.39, 0.29) is 11.5 Å². The molecule has 0 aliphatic heterocycles. The van der Waals surface area contributed by atoms with Gasteiger partial charge in [0.15, 0.2) is 0 Å². The maximum Gasteiger partial charge on any atom is 0.266 e. The molecule has 0 aliphatic rings. The summed E-state index contributed by atoms with van der Waals surface area (Å²) >= 11 is 1.32. The first-order valence-electron chi connectivity index (χ1n) is 8.60. The monoisotopic (exact) mass is 400 g/mol. The van der Waals surface area contributed by atoms with Crippen molar-refractivity contribution in [2.45, 2.75) is 13.8 Å². The van der Waals surface area contributed by atoms with Gasteiger partial charge in [-0.15, -0.1) is 11.3 Å². The minimum absolute atomic E-state index is 0.244. The lowest BCUT2D eigenvalue weighted by Gasteiger charge is -2.12. The van der Waals surface area contributed by atoms with Crippen molar-refractivity contribution in [1.82, 2.24) is 0 Å². The molecule has 0 fully saturated rings. The van der Waals surface area contributed by atoms with Crippen LogP contribution in [0.4, 0.5) is 14.5 Å². The van der Waals surface area contributed by atoms with Gasteiger partial charge in [0.05, 0.1) is 11.1 Å². The van der Waals surface area contributed by atoms with E-state index in [1.165, 1.54) is 47.9 Å². The third-order valence-corrected chi connectivity index (χ3v) is 5.02. The highest BCUT2D eigenvalue weighted by Crippen LogP contribution is 2.31. The molecule has 0 spiro atoms. The highest BCUT2D eigenvalue weighted by molar-refractivity contribution is 7.12. The maximum absolute atomic E-state index is 14.4. The van der Waals surface area contributed by atoms with E-state index in [0.29, 0.717) is 28.3 Å². The van der Waals surface area contributed by atoms with Gasteiger partial charge in [-0.25, -0.2) is 8.78 Å². The van der Waals surface area contributed by atoms with Gasteiger partial charge in [-0.2, -0.15) is 0 Å². The van der Waals surface area contributed by atoms with Crippen LogP contribution in [0.3, 0.4) is 0 Å². The standard InChI is InChI=1S/C21H18F2N2O2S/c1-3-27-24-12-15-5-4-14(10-18(15)23)17-11-16(22)6-7-19(17)25-21(26)20-13(2)8-9-28-20/h4-12H,3H2,1-2H3,(H,25,26)/b24-12+. The van der Waals surface area contributed by atoms with Crippen molar-refractivity contribution in [2.75, 3.05) is 11.9 Å². The molecule has 0 bridgehead atoms. The number of carbonyl (C=O) groups excluding carboxylic acids is 1. The van der Waals surface area contributed by atoms with E-state index < -0.39 is 11.6 Å². The quantitative estimate of drug-likeness (QED) is 0.431. The number of hydrogen-bond donors (Lipinski definition) is 1. The van der Waals surface area contributed by atoms with Gasteiger partial charge in [-0.1, -0.05) is 11.2 Å². The van der Waals surface area contributed by atoms with Crippen molar-refractivity contribution >= 4 is 29.1 Å². The minimum atomic E-state index is -0.531. The molecule has 0 saturated heterocycles. The number of aryl methyl sites for hydroxylation is 1. The molecule has 1 N–H and O–H groups in total. The summed E-state index contributed by atoms with van der Waals surface area (Å²) in [6, 6.07) is 10.3. The SMILES string of the molecule is CCO/N=C/c1ccc(-c2cc(F)ccc2NC(=O)c2sccc2C)cc1F. The molecule has 0 atom stereocenters. The van der Waals surface area contributed by atoms with Crippen LogP contribution in [0.1, 0.15) is 27.7 Å². The molecule has 0 unspecified atom stereocenters. The first-order chi connectivity index (χ1) is 13.5. The first-order valence-corrected chi connectivity index (χ1v) is 9.47. The van der Waals surface area contributed by atoms with Crippen LogP contribution in [0, 0.1) is 18.6 Å². The van der Waals surface area contributed by atoms with Gasteiger partial charge in [0, 0.05) is 16.8 Å². The Balaban J connectivity index is 1.94. The molecular formula is C21H18F2N2O2S. The molecule has 0 saturated carbocycles. The van der Waals surface area contributed by atoms with Gasteiger partial charge in [0.1, 0.15) is 18.2 Å². The summed E-state index contributed by atoms with van der Waals surface area (Å²) in [5.41, 5.74) is 2.32. The van der Waals surface area contributed by atoms with Crippen LogP contribution in [0.2, 0.25) is 0 Å². The number of anilines is 1. The van der Waals surface area contributed by atoms with E-state index in [1.807, 2.05) is 18.4 Å². The highest BCUT2D eigenvalue weighted by atomic mass is 32.1.